The molecule has 0 saturated heterocycles. The van der Waals surface area contributed by atoms with E-state index in [4.69, 9.17) is 9.47 Å². The van der Waals surface area contributed by atoms with Crippen LogP contribution in [0.4, 0.5) is 0 Å². The van der Waals surface area contributed by atoms with Gasteiger partial charge in [-0.15, -0.1) is 0 Å². The molecule has 1 aromatic rings. The van der Waals surface area contributed by atoms with Gasteiger partial charge in [0.25, 0.3) is 5.56 Å². The van der Waals surface area contributed by atoms with Gasteiger partial charge in [-0.2, -0.15) is 0 Å². The molecule has 4 nitrogen and oxygen atoms in total. The zero-order valence-corrected chi connectivity index (χ0v) is 10.9. The first-order chi connectivity index (χ1) is 7.60. The van der Waals surface area contributed by atoms with Crippen molar-refractivity contribution in [3.8, 4) is 11.5 Å². The highest BCUT2D eigenvalue weighted by Crippen LogP contribution is 2.16. The second-order valence-electron chi connectivity index (χ2n) is 3.25. The van der Waals surface area contributed by atoms with Gasteiger partial charge in [0.1, 0.15) is 5.75 Å². The van der Waals surface area contributed by atoms with Gasteiger partial charge in [-0.25, -0.2) is 0 Å². The van der Waals surface area contributed by atoms with Gasteiger partial charge in [0, 0.05) is 18.3 Å². The minimum atomic E-state index is -0.136. The number of hydrogen-bond donors (Lipinski definition) is 0. The lowest BCUT2D eigenvalue weighted by Crippen LogP contribution is -2.22. The molecule has 0 spiro atoms. The Kier molecular flexibility index (Phi) is 6.30. The Morgan fingerprint density at radius 2 is 1.75 bits per heavy atom. The van der Waals surface area contributed by atoms with Crippen LogP contribution in [0.5, 0.6) is 11.5 Å². The van der Waals surface area contributed by atoms with E-state index in [1.807, 2.05) is 27.7 Å². The molecular formula is C12H21NO3. The number of aromatic nitrogens is 1. The lowest BCUT2D eigenvalue weighted by molar-refractivity contribution is 0.375. The molecular weight excluding hydrogens is 206 g/mol. The Labute approximate surface area is 96.8 Å². The second-order valence-corrected chi connectivity index (χ2v) is 3.25. The SMILES string of the molecule is CC.COc1cc(OC)c(=O)n(C(C)C)c1. The highest BCUT2D eigenvalue weighted by Gasteiger charge is 2.09. The Bertz CT molecular complexity index is 369. The molecule has 0 unspecified atom stereocenters. The van der Waals surface area contributed by atoms with Crippen molar-refractivity contribution in [2.24, 2.45) is 0 Å². The van der Waals surface area contributed by atoms with E-state index in [1.165, 1.54) is 7.11 Å². The summed E-state index contributed by atoms with van der Waals surface area (Å²) in [4.78, 5) is 11.7. The van der Waals surface area contributed by atoms with Crippen LogP contribution in [-0.2, 0) is 0 Å². The van der Waals surface area contributed by atoms with E-state index < -0.39 is 0 Å². The van der Waals surface area contributed by atoms with Crippen molar-refractivity contribution in [3.63, 3.8) is 0 Å². The maximum Gasteiger partial charge on any atom is 0.293 e. The minimum Gasteiger partial charge on any atom is -0.495 e. The van der Waals surface area contributed by atoms with Crippen molar-refractivity contribution in [2.75, 3.05) is 14.2 Å². The summed E-state index contributed by atoms with van der Waals surface area (Å²) < 4.78 is 11.6. The molecule has 0 aromatic carbocycles. The van der Waals surface area contributed by atoms with E-state index in [1.54, 1.807) is 23.9 Å². The molecule has 0 amide bonds. The summed E-state index contributed by atoms with van der Waals surface area (Å²) >= 11 is 0. The van der Waals surface area contributed by atoms with Crippen molar-refractivity contribution >= 4 is 0 Å². The van der Waals surface area contributed by atoms with Gasteiger partial charge < -0.3 is 14.0 Å². The lowest BCUT2D eigenvalue weighted by Gasteiger charge is -2.13. The number of hydrogen-bond acceptors (Lipinski definition) is 3. The predicted molar refractivity (Wildman–Crippen MR) is 65.5 cm³/mol. The van der Waals surface area contributed by atoms with Crippen LogP contribution in [0.15, 0.2) is 17.1 Å². The van der Waals surface area contributed by atoms with E-state index in [2.05, 4.69) is 0 Å². The number of methoxy groups -OCH3 is 2. The van der Waals surface area contributed by atoms with E-state index >= 15 is 0 Å². The fourth-order valence-corrected chi connectivity index (χ4v) is 1.19. The number of nitrogens with zero attached hydrogens (tertiary/aromatic N) is 1. The lowest BCUT2D eigenvalue weighted by atomic mass is 10.3. The standard InChI is InChI=1S/C10H15NO3.C2H6/c1-7(2)11-6-8(13-3)5-9(14-4)10(11)12;1-2/h5-7H,1-4H3;1-2H3. The molecule has 92 valence electrons. The molecule has 0 aliphatic rings. The van der Waals surface area contributed by atoms with Gasteiger partial charge in [-0.3, -0.25) is 4.79 Å². The molecule has 1 aromatic heterocycles. The molecule has 4 heteroatoms. The summed E-state index contributed by atoms with van der Waals surface area (Å²) in [6.45, 7) is 7.86. The van der Waals surface area contributed by atoms with Crippen LogP contribution >= 0.6 is 0 Å². The Hall–Kier alpha value is -1.45. The average molecular weight is 227 g/mol. The largest absolute Gasteiger partial charge is 0.495 e. The van der Waals surface area contributed by atoms with Gasteiger partial charge in [0.05, 0.1) is 14.2 Å². The molecule has 0 radical (unpaired) electrons. The van der Waals surface area contributed by atoms with E-state index in [0.29, 0.717) is 11.5 Å². The van der Waals surface area contributed by atoms with Crippen molar-refractivity contribution in [1.82, 2.24) is 4.57 Å². The number of pyridine rings is 1. The van der Waals surface area contributed by atoms with Crippen LogP contribution in [-0.4, -0.2) is 18.8 Å². The molecule has 0 bridgehead atoms. The van der Waals surface area contributed by atoms with Gasteiger partial charge in [0.2, 0.25) is 0 Å². The molecule has 0 aliphatic heterocycles. The van der Waals surface area contributed by atoms with Crippen LogP contribution in [0.1, 0.15) is 33.7 Å². The van der Waals surface area contributed by atoms with Gasteiger partial charge in [-0.1, -0.05) is 13.8 Å². The summed E-state index contributed by atoms with van der Waals surface area (Å²) in [5.74, 6) is 0.924. The van der Waals surface area contributed by atoms with Crippen molar-refractivity contribution in [2.45, 2.75) is 33.7 Å². The van der Waals surface area contributed by atoms with Gasteiger partial charge in [0.15, 0.2) is 5.75 Å². The maximum absolute atomic E-state index is 11.7. The smallest absolute Gasteiger partial charge is 0.293 e. The molecule has 1 heterocycles. The third-order valence-electron chi connectivity index (χ3n) is 2.00. The first-order valence-corrected chi connectivity index (χ1v) is 5.44. The molecule has 0 saturated carbocycles. The highest BCUT2D eigenvalue weighted by molar-refractivity contribution is 5.29. The third kappa shape index (κ3) is 3.29. The van der Waals surface area contributed by atoms with Crippen molar-refractivity contribution in [3.05, 3.63) is 22.6 Å². The monoisotopic (exact) mass is 227 g/mol. The first-order valence-electron chi connectivity index (χ1n) is 5.44. The van der Waals surface area contributed by atoms with Gasteiger partial charge >= 0.3 is 0 Å². The Morgan fingerprint density at radius 3 is 2.12 bits per heavy atom. The predicted octanol–water partition coefficient (Wildman–Crippen LogP) is 2.47. The summed E-state index contributed by atoms with van der Waals surface area (Å²) in [7, 11) is 3.03. The molecule has 0 fully saturated rings. The zero-order chi connectivity index (χ0) is 12.7. The van der Waals surface area contributed by atoms with Crippen LogP contribution in [0, 0.1) is 0 Å². The Balaban J connectivity index is 0.00000106. The maximum atomic E-state index is 11.7. The zero-order valence-electron chi connectivity index (χ0n) is 10.9. The average Bonchev–Trinajstić information content (AvgIpc) is 2.31. The minimum absolute atomic E-state index is 0.0894. The fraction of sp³-hybridized carbons (Fsp3) is 0.583. The van der Waals surface area contributed by atoms with E-state index in [0.717, 1.165) is 0 Å². The van der Waals surface area contributed by atoms with Gasteiger partial charge in [-0.05, 0) is 13.8 Å². The fourth-order valence-electron chi connectivity index (χ4n) is 1.19. The molecule has 0 aliphatic carbocycles. The van der Waals surface area contributed by atoms with Crippen LogP contribution in [0.3, 0.4) is 0 Å². The molecule has 16 heavy (non-hydrogen) atoms. The molecule has 0 atom stereocenters. The topological polar surface area (TPSA) is 40.5 Å². The van der Waals surface area contributed by atoms with Crippen LogP contribution in [0.2, 0.25) is 0 Å². The summed E-state index contributed by atoms with van der Waals surface area (Å²) in [6.07, 6.45) is 1.68. The molecule has 1 rings (SSSR count). The van der Waals surface area contributed by atoms with E-state index in [9.17, 15) is 4.79 Å². The number of ether oxygens (including phenoxy) is 2. The quantitative estimate of drug-likeness (QED) is 0.796. The Morgan fingerprint density at radius 1 is 1.19 bits per heavy atom. The number of rotatable bonds is 3. The first kappa shape index (κ1) is 14.6. The summed E-state index contributed by atoms with van der Waals surface area (Å²) in [5, 5.41) is 0. The van der Waals surface area contributed by atoms with Crippen LogP contribution in [0.25, 0.3) is 0 Å². The highest BCUT2D eigenvalue weighted by atomic mass is 16.5. The summed E-state index contributed by atoms with van der Waals surface area (Å²) in [5.41, 5.74) is -0.136. The third-order valence-corrected chi connectivity index (χ3v) is 2.00. The normalized spacial score (nSPS) is 9.44. The molecule has 0 N–H and O–H groups in total. The second kappa shape index (κ2) is 6.93. The van der Waals surface area contributed by atoms with Crippen LogP contribution < -0.4 is 15.0 Å². The van der Waals surface area contributed by atoms with Crippen molar-refractivity contribution < 1.29 is 9.47 Å². The van der Waals surface area contributed by atoms with E-state index in [-0.39, 0.29) is 11.6 Å². The summed E-state index contributed by atoms with van der Waals surface area (Å²) in [6, 6.07) is 1.67. The van der Waals surface area contributed by atoms with Crippen molar-refractivity contribution in [1.29, 1.82) is 0 Å².